The van der Waals surface area contributed by atoms with Crippen molar-refractivity contribution in [2.45, 2.75) is 5.41 Å². The summed E-state index contributed by atoms with van der Waals surface area (Å²) in [5.41, 5.74) is 16.2. The number of furan rings is 1. The molecule has 0 bridgehead atoms. The van der Waals surface area contributed by atoms with E-state index in [1.807, 2.05) is 60.7 Å². The van der Waals surface area contributed by atoms with Gasteiger partial charge in [0, 0.05) is 10.8 Å². The summed E-state index contributed by atoms with van der Waals surface area (Å²) in [6.07, 6.45) is 4.49. The number of nitrogens with zero attached hydrogens (tertiary/aromatic N) is 2. The normalized spacial score (nSPS) is 15.2. The molecule has 0 amide bonds. The van der Waals surface area contributed by atoms with Crippen LogP contribution in [0.3, 0.4) is 0 Å². The zero-order chi connectivity index (χ0) is 33.4. The molecular weight excluding hydrogens is 609 g/mol. The molecule has 1 heterocycles. The Kier molecular flexibility index (Phi) is 5.92. The third kappa shape index (κ3) is 3.90. The number of hydrogen-bond donors (Lipinski definition) is 0. The lowest BCUT2D eigenvalue weighted by molar-refractivity contribution is 0.666. The molecule has 0 aliphatic heterocycles. The summed E-state index contributed by atoms with van der Waals surface area (Å²) in [5.74, 6) is 0. The molecule has 10 rings (SSSR count). The molecule has 2 aliphatic rings. The lowest BCUT2D eigenvalue weighted by Crippen LogP contribution is -2.30. The minimum Gasteiger partial charge on any atom is -0.456 e. The van der Waals surface area contributed by atoms with Gasteiger partial charge in [0.05, 0.1) is 23.6 Å². The van der Waals surface area contributed by atoms with Crippen LogP contribution in [-0.2, 0) is 5.41 Å². The van der Waals surface area contributed by atoms with E-state index < -0.39 is 5.41 Å². The van der Waals surface area contributed by atoms with Crippen molar-refractivity contribution in [2.24, 2.45) is 0 Å². The SMILES string of the molecule is [C-]#[N+]c1ccc(-c2ccc3c(c2)C2(c4cc(-c5ccc(C#N)cc5)ccc4C=C3)c3ccccc3-c3cc4c(cc32)oc2ccccc24)cc1. The Morgan fingerprint density at radius 1 is 0.520 bits per heavy atom. The Hall–Kier alpha value is -6.94. The maximum absolute atomic E-state index is 9.48. The first-order chi connectivity index (χ1) is 24.6. The van der Waals surface area contributed by atoms with E-state index >= 15 is 0 Å². The van der Waals surface area contributed by atoms with Gasteiger partial charge in [0.15, 0.2) is 5.69 Å². The fourth-order valence-electron chi connectivity index (χ4n) is 8.28. The first-order valence-corrected chi connectivity index (χ1v) is 16.7. The molecule has 7 aromatic carbocycles. The number of hydrogen-bond acceptors (Lipinski definition) is 2. The Balaban J connectivity index is 1.34. The summed E-state index contributed by atoms with van der Waals surface area (Å²) < 4.78 is 6.58. The number of benzene rings is 7. The third-order valence-corrected chi connectivity index (χ3v) is 10.6. The third-order valence-electron chi connectivity index (χ3n) is 10.6. The van der Waals surface area contributed by atoms with Crippen LogP contribution in [0.4, 0.5) is 5.69 Å². The van der Waals surface area contributed by atoms with E-state index in [1.54, 1.807) is 0 Å². The molecule has 0 saturated heterocycles. The minimum atomic E-state index is -0.678. The van der Waals surface area contributed by atoms with Crippen LogP contribution >= 0.6 is 0 Å². The van der Waals surface area contributed by atoms with Crippen molar-refractivity contribution in [1.82, 2.24) is 0 Å². The molecule has 1 aromatic heterocycles. The number of nitriles is 1. The molecule has 50 heavy (non-hydrogen) atoms. The fraction of sp³-hybridized carbons (Fsp3) is 0.0213. The van der Waals surface area contributed by atoms with Gasteiger partial charge in [-0.1, -0.05) is 115 Å². The Morgan fingerprint density at radius 3 is 1.82 bits per heavy atom. The average molecular weight is 635 g/mol. The van der Waals surface area contributed by atoms with Gasteiger partial charge < -0.3 is 4.42 Å². The summed E-state index contributed by atoms with van der Waals surface area (Å²) in [6, 6.07) is 53.2. The average Bonchev–Trinajstić information content (AvgIpc) is 3.64. The summed E-state index contributed by atoms with van der Waals surface area (Å²) in [4.78, 5) is 3.62. The minimum absolute atomic E-state index is 0.626. The van der Waals surface area contributed by atoms with Crippen LogP contribution in [-0.4, -0.2) is 0 Å². The molecule has 1 spiro atoms. The smallest absolute Gasteiger partial charge is 0.187 e. The molecule has 3 nitrogen and oxygen atoms in total. The number of fused-ring (bicyclic) bond motifs is 12. The van der Waals surface area contributed by atoms with Gasteiger partial charge in [-0.3, -0.25) is 0 Å². The Morgan fingerprint density at radius 2 is 1.14 bits per heavy atom. The van der Waals surface area contributed by atoms with Gasteiger partial charge in [0.25, 0.3) is 0 Å². The monoisotopic (exact) mass is 634 g/mol. The molecule has 8 aromatic rings. The van der Waals surface area contributed by atoms with Crippen LogP contribution in [0, 0.1) is 17.9 Å². The van der Waals surface area contributed by atoms with E-state index in [1.165, 1.54) is 33.4 Å². The van der Waals surface area contributed by atoms with Gasteiger partial charge in [-0.05, 0) is 109 Å². The van der Waals surface area contributed by atoms with Crippen LogP contribution in [0.1, 0.15) is 38.9 Å². The molecule has 0 N–H and O–H groups in total. The molecule has 3 heteroatoms. The van der Waals surface area contributed by atoms with Crippen LogP contribution < -0.4 is 0 Å². The molecule has 2 aliphatic carbocycles. The van der Waals surface area contributed by atoms with Crippen molar-refractivity contribution in [2.75, 3.05) is 0 Å². The highest BCUT2D eigenvalue weighted by Gasteiger charge is 2.49. The van der Waals surface area contributed by atoms with E-state index in [4.69, 9.17) is 11.0 Å². The summed E-state index contributed by atoms with van der Waals surface area (Å²) >= 11 is 0. The second-order valence-corrected chi connectivity index (χ2v) is 13.1. The molecule has 0 radical (unpaired) electrons. The Bertz CT molecular complexity index is 2710. The highest BCUT2D eigenvalue weighted by atomic mass is 16.3. The molecule has 1 atom stereocenters. The van der Waals surface area contributed by atoms with Crippen molar-refractivity contribution >= 4 is 39.8 Å². The predicted molar refractivity (Wildman–Crippen MR) is 202 cm³/mol. The van der Waals surface area contributed by atoms with E-state index in [9.17, 15) is 5.26 Å². The van der Waals surface area contributed by atoms with E-state index in [-0.39, 0.29) is 0 Å². The van der Waals surface area contributed by atoms with Gasteiger partial charge in [-0.15, -0.1) is 0 Å². The quantitative estimate of drug-likeness (QED) is 0.178. The maximum atomic E-state index is 9.48. The van der Waals surface area contributed by atoms with Gasteiger partial charge >= 0.3 is 0 Å². The van der Waals surface area contributed by atoms with Gasteiger partial charge in [0.1, 0.15) is 11.2 Å². The first kappa shape index (κ1) is 28.1. The van der Waals surface area contributed by atoms with Crippen LogP contribution in [0.25, 0.3) is 72.3 Å². The zero-order valence-electron chi connectivity index (χ0n) is 26.8. The molecule has 1 unspecified atom stereocenters. The van der Waals surface area contributed by atoms with Gasteiger partial charge in [-0.25, -0.2) is 4.85 Å². The molecule has 0 fully saturated rings. The van der Waals surface area contributed by atoms with Crippen molar-refractivity contribution in [3.8, 4) is 39.4 Å². The largest absolute Gasteiger partial charge is 0.456 e. The summed E-state index contributed by atoms with van der Waals surface area (Å²) in [6.45, 7) is 7.47. The van der Waals surface area contributed by atoms with Crippen molar-refractivity contribution < 1.29 is 4.42 Å². The maximum Gasteiger partial charge on any atom is 0.187 e. The topological polar surface area (TPSA) is 41.3 Å². The van der Waals surface area contributed by atoms with E-state index in [0.29, 0.717) is 11.3 Å². The molecule has 230 valence electrons. The van der Waals surface area contributed by atoms with Gasteiger partial charge in [-0.2, -0.15) is 5.26 Å². The van der Waals surface area contributed by atoms with Crippen LogP contribution in [0.15, 0.2) is 150 Å². The Labute approximate surface area is 289 Å². The van der Waals surface area contributed by atoms with Crippen molar-refractivity contribution in [3.63, 3.8) is 0 Å². The van der Waals surface area contributed by atoms with E-state index in [0.717, 1.165) is 55.3 Å². The summed E-state index contributed by atoms with van der Waals surface area (Å²) in [5, 5.41) is 11.7. The molecule has 0 saturated carbocycles. The highest BCUT2D eigenvalue weighted by molar-refractivity contribution is 6.08. The molecular formula is C47H26N2O. The second-order valence-electron chi connectivity index (χ2n) is 13.1. The lowest BCUT2D eigenvalue weighted by atomic mass is 9.65. The van der Waals surface area contributed by atoms with Crippen LogP contribution in [0.5, 0.6) is 0 Å². The summed E-state index contributed by atoms with van der Waals surface area (Å²) in [7, 11) is 0. The number of rotatable bonds is 2. The fourth-order valence-corrected chi connectivity index (χ4v) is 8.28. The predicted octanol–water partition coefficient (Wildman–Crippen LogP) is 12.2. The highest BCUT2D eigenvalue weighted by Crippen LogP contribution is 2.60. The first-order valence-electron chi connectivity index (χ1n) is 16.7. The number of para-hydroxylation sites is 1. The van der Waals surface area contributed by atoms with Crippen molar-refractivity contribution in [3.05, 3.63) is 196 Å². The zero-order valence-corrected chi connectivity index (χ0v) is 26.8. The van der Waals surface area contributed by atoms with Crippen LogP contribution in [0.2, 0.25) is 0 Å². The lowest BCUT2D eigenvalue weighted by Gasteiger charge is -2.36. The van der Waals surface area contributed by atoms with Crippen molar-refractivity contribution in [1.29, 1.82) is 5.26 Å². The van der Waals surface area contributed by atoms with Gasteiger partial charge in [0.2, 0.25) is 0 Å². The van der Waals surface area contributed by atoms with E-state index in [2.05, 4.69) is 108 Å². The second kappa shape index (κ2) is 10.5. The standard InChI is InChI=1S/C47H26N2O/c1-49-36-22-20-31(21-23-36)35-19-17-33-15-14-32-16-18-34(30-12-10-29(28-48)11-13-30)24-42(32)47(43(33)25-35)41-8-4-2-6-37(41)39-26-40-38-7-3-5-9-45(38)50-46(40)27-44(39)47/h2-27H.